The molecule has 1 fully saturated rings. The predicted molar refractivity (Wildman–Crippen MR) is 78.7 cm³/mol. The van der Waals surface area contributed by atoms with Gasteiger partial charge in [-0.1, -0.05) is 6.92 Å². The molecule has 20 heavy (non-hydrogen) atoms. The van der Waals surface area contributed by atoms with Crippen molar-refractivity contribution in [2.24, 2.45) is 5.92 Å². The lowest BCUT2D eigenvalue weighted by Crippen LogP contribution is -2.50. The second-order valence-corrected chi connectivity index (χ2v) is 5.31. The molecule has 0 aliphatic carbocycles. The van der Waals surface area contributed by atoms with E-state index in [1.807, 2.05) is 0 Å². The van der Waals surface area contributed by atoms with Crippen LogP contribution in [0.3, 0.4) is 0 Å². The molecule has 5 heteroatoms. The summed E-state index contributed by atoms with van der Waals surface area (Å²) in [6.45, 7) is 5.44. The van der Waals surface area contributed by atoms with Gasteiger partial charge in [-0.25, -0.2) is 0 Å². The van der Waals surface area contributed by atoms with Crippen molar-refractivity contribution in [2.45, 2.75) is 26.3 Å². The topological polar surface area (TPSA) is 70.2 Å². The molecule has 5 nitrogen and oxygen atoms in total. The highest BCUT2D eigenvalue weighted by Crippen LogP contribution is 2.13. The molecule has 108 valence electrons. The van der Waals surface area contributed by atoms with Crippen LogP contribution in [0.4, 0.5) is 5.69 Å². The normalized spacial score (nSPS) is 22.1. The number of hydrogen-bond acceptors (Lipinski definition) is 3. The minimum absolute atomic E-state index is 0.0695. The van der Waals surface area contributed by atoms with Gasteiger partial charge in [0.25, 0.3) is 5.91 Å². The number of carbonyl (C=O) groups is 2. The number of nitrogens with one attached hydrogen (secondary N) is 3. The molecule has 1 aliphatic rings. The molecule has 0 spiro atoms. The van der Waals surface area contributed by atoms with E-state index in [1.165, 1.54) is 6.92 Å². The zero-order chi connectivity index (χ0) is 14.5. The van der Waals surface area contributed by atoms with Crippen LogP contribution in [-0.4, -0.2) is 30.9 Å². The lowest BCUT2D eigenvalue weighted by Gasteiger charge is -2.30. The molecule has 2 amide bonds. The summed E-state index contributed by atoms with van der Waals surface area (Å²) >= 11 is 0. The molecule has 1 heterocycles. The van der Waals surface area contributed by atoms with E-state index in [2.05, 4.69) is 22.9 Å². The fourth-order valence-electron chi connectivity index (χ4n) is 2.34. The van der Waals surface area contributed by atoms with Crippen molar-refractivity contribution in [2.75, 3.05) is 18.4 Å². The Kier molecular flexibility index (Phi) is 4.74. The van der Waals surface area contributed by atoms with E-state index in [9.17, 15) is 9.59 Å². The molecule has 1 aromatic carbocycles. The molecular weight excluding hydrogens is 254 g/mol. The van der Waals surface area contributed by atoms with Crippen LogP contribution in [0.15, 0.2) is 24.3 Å². The summed E-state index contributed by atoms with van der Waals surface area (Å²) in [5, 5.41) is 9.03. The van der Waals surface area contributed by atoms with Gasteiger partial charge in [0.1, 0.15) is 0 Å². The number of anilines is 1. The van der Waals surface area contributed by atoms with Crippen molar-refractivity contribution in [3.8, 4) is 0 Å². The van der Waals surface area contributed by atoms with Crippen LogP contribution in [-0.2, 0) is 4.79 Å². The average Bonchev–Trinajstić information content (AvgIpc) is 2.41. The van der Waals surface area contributed by atoms with Gasteiger partial charge in [0, 0.05) is 30.8 Å². The molecule has 2 rings (SSSR count). The summed E-state index contributed by atoms with van der Waals surface area (Å²) in [7, 11) is 0. The summed E-state index contributed by atoms with van der Waals surface area (Å²) in [5.41, 5.74) is 1.30. The van der Waals surface area contributed by atoms with Crippen molar-refractivity contribution in [1.29, 1.82) is 0 Å². The highest BCUT2D eigenvalue weighted by molar-refractivity contribution is 5.95. The van der Waals surface area contributed by atoms with Crippen LogP contribution in [0.5, 0.6) is 0 Å². The van der Waals surface area contributed by atoms with E-state index in [0.29, 0.717) is 17.2 Å². The van der Waals surface area contributed by atoms with Crippen molar-refractivity contribution in [3.05, 3.63) is 29.8 Å². The Morgan fingerprint density at radius 3 is 2.55 bits per heavy atom. The summed E-state index contributed by atoms with van der Waals surface area (Å²) in [6, 6.07) is 7.09. The summed E-state index contributed by atoms with van der Waals surface area (Å²) in [5.74, 6) is 0.295. The van der Waals surface area contributed by atoms with E-state index in [-0.39, 0.29) is 17.9 Å². The Morgan fingerprint density at radius 2 is 1.95 bits per heavy atom. The fraction of sp³-hybridized carbons (Fsp3) is 0.467. The number of carbonyl (C=O) groups excluding carboxylic acids is 2. The Labute approximate surface area is 119 Å². The quantitative estimate of drug-likeness (QED) is 0.780. The first kappa shape index (κ1) is 14.5. The Bertz CT molecular complexity index is 484. The number of hydrogen-bond donors (Lipinski definition) is 3. The van der Waals surface area contributed by atoms with Gasteiger partial charge in [-0.15, -0.1) is 0 Å². The van der Waals surface area contributed by atoms with Crippen LogP contribution in [0.1, 0.15) is 30.6 Å². The maximum absolute atomic E-state index is 12.2. The fourth-order valence-corrected chi connectivity index (χ4v) is 2.34. The molecule has 1 aliphatic heterocycles. The third-order valence-electron chi connectivity index (χ3n) is 3.61. The van der Waals surface area contributed by atoms with Crippen molar-refractivity contribution in [1.82, 2.24) is 10.6 Å². The Balaban J connectivity index is 1.96. The van der Waals surface area contributed by atoms with E-state index in [1.54, 1.807) is 24.3 Å². The molecule has 0 aromatic heterocycles. The first-order valence-corrected chi connectivity index (χ1v) is 6.95. The smallest absolute Gasteiger partial charge is 0.251 e. The Morgan fingerprint density at radius 1 is 1.25 bits per heavy atom. The maximum Gasteiger partial charge on any atom is 0.251 e. The van der Waals surface area contributed by atoms with E-state index >= 15 is 0 Å². The molecule has 2 atom stereocenters. The van der Waals surface area contributed by atoms with Crippen LogP contribution in [0, 0.1) is 5.92 Å². The van der Waals surface area contributed by atoms with E-state index in [0.717, 1.165) is 19.5 Å². The summed E-state index contributed by atoms with van der Waals surface area (Å²) < 4.78 is 0. The summed E-state index contributed by atoms with van der Waals surface area (Å²) in [6.07, 6.45) is 1.08. The highest BCUT2D eigenvalue weighted by Gasteiger charge is 2.22. The molecule has 0 radical (unpaired) electrons. The van der Waals surface area contributed by atoms with Gasteiger partial charge < -0.3 is 16.0 Å². The second kappa shape index (κ2) is 6.52. The monoisotopic (exact) mass is 275 g/mol. The average molecular weight is 275 g/mol. The first-order valence-electron chi connectivity index (χ1n) is 6.95. The number of piperidine rings is 1. The third kappa shape index (κ3) is 3.81. The first-order chi connectivity index (χ1) is 9.56. The van der Waals surface area contributed by atoms with Crippen molar-refractivity contribution < 1.29 is 9.59 Å². The second-order valence-electron chi connectivity index (χ2n) is 5.31. The molecule has 0 bridgehead atoms. The van der Waals surface area contributed by atoms with Gasteiger partial charge in [-0.05, 0) is 43.1 Å². The van der Waals surface area contributed by atoms with Crippen LogP contribution >= 0.6 is 0 Å². The zero-order valence-electron chi connectivity index (χ0n) is 11.9. The van der Waals surface area contributed by atoms with Gasteiger partial charge in [0.05, 0.1) is 0 Å². The Hall–Kier alpha value is -1.88. The molecule has 0 saturated carbocycles. The highest BCUT2D eigenvalue weighted by atomic mass is 16.2. The van der Waals surface area contributed by atoms with E-state index < -0.39 is 0 Å². The van der Waals surface area contributed by atoms with Crippen LogP contribution in [0.25, 0.3) is 0 Å². The standard InChI is InChI=1S/C15H21N3O2/c1-10-7-8-16-9-14(10)18-15(20)12-3-5-13(6-4-12)17-11(2)19/h3-6,10,14,16H,7-9H2,1-2H3,(H,17,19)(H,18,20). The molecule has 1 saturated heterocycles. The SMILES string of the molecule is CC(=O)Nc1ccc(C(=O)NC2CNCCC2C)cc1. The van der Waals surface area contributed by atoms with Crippen LogP contribution < -0.4 is 16.0 Å². The predicted octanol–water partition coefficient (Wildman–Crippen LogP) is 1.37. The minimum Gasteiger partial charge on any atom is -0.348 e. The van der Waals surface area contributed by atoms with Gasteiger partial charge in [-0.2, -0.15) is 0 Å². The van der Waals surface area contributed by atoms with E-state index in [4.69, 9.17) is 0 Å². The maximum atomic E-state index is 12.2. The molecular formula is C15H21N3O2. The number of benzene rings is 1. The van der Waals surface area contributed by atoms with Crippen molar-refractivity contribution in [3.63, 3.8) is 0 Å². The number of amides is 2. The zero-order valence-corrected chi connectivity index (χ0v) is 11.9. The van der Waals surface area contributed by atoms with Gasteiger partial charge in [0.2, 0.25) is 5.91 Å². The van der Waals surface area contributed by atoms with Gasteiger partial charge in [-0.3, -0.25) is 9.59 Å². The number of rotatable bonds is 3. The largest absolute Gasteiger partial charge is 0.348 e. The van der Waals surface area contributed by atoms with Crippen molar-refractivity contribution >= 4 is 17.5 Å². The van der Waals surface area contributed by atoms with Crippen LogP contribution in [0.2, 0.25) is 0 Å². The minimum atomic E-state index is -0.121. The molecule has 2 unspecified atom stereocenters. The lowest BCUT2D eigenvalue weighted by molar-refractivity contribution is -0.114. The third-order valence-corrected chi connectivity index (χ3v) is 3.61. The van der Waals surface area contributed by atoms with Gasteiger partial charge >= 0.3 is 0 Å². The summed E-state index contributed by atoms with van der Waals surface area (Å²) in [4.78, 5) is 23.1. The lowest BCUT2D eigenvalue weighted by atomic mass is 9.94. The molecule has 1 aromatic rings. The van der Waals surface area contributed by atoms with Gasteiger partial charge in [0.15, 0.2) is 0 Å². The molecule has 3 N–H and O–H groups in total.